The third kappa shape index (κ3) is 4.94. The van der Waals surface area contributed by atoms with Crippen molar-refractivity contribution in [1.29, 1.82) is 0 Å². The van der Waals surface area contributed by atoms with Crippen LogP contribution in [0.5, 0.6) is 0 Å². The molecule has 2 fully saturated rings. The van der Waals surface area contributed by atoms with Crippen LogP contribution in [0.25, 0.3) is 0 Å². The lowest BCUT2D eigenvalue weighted by molar-refractivity contribution is -0.0425. The summed E-state index contributed by atoms with van der Waals surface area (Å²) in [6, 6.07) is 0. The van der Waals surface area contributed by atoms with Crippen LogP contribution >= 0.6 is 0 Å². The Hall–Kier alpha value is -0.120. The van der Waals surface area contributed by atoms with E-state index in [-0.39, 0.29) is 0 Å². The van der Waals surface area contributed by atoms with Gasteiger partial charge in [0.05, 0.1) is 12.7 Å². The summed E-state index contributed by atoms with van der Waals surface area (Å²) in [4.78, 5) is 5.02. The molecule has 1 aliphatic heterocycles. The molecule has 0 amide bonds. The number of hydrogen-bond donors (Lipinski definition) is 0. The molecule has 1 heterocycles. The number of likely N-dealkylation sites (N-methyl/N-ethyl adjacent to an activating group) is 1. The highest BCUT2D eigenvalue weighted by molar-refractivity contribution is 4.81. The van der Waals surface area contributed by atoms with E-state index in [1.165, 1.54) is 25.9 Å². The van der Waals surface area contributed by atoms with Crippen molar-refractivity contribution in [2.75, 3.05) is 46.4 Å². The molecule has 0 aromatic rings. The van der Waals surface area contributed by atoms with Gasteiger partial charge < -0.3 is 9.64 Å². The smallest absolute Gasteiger partial charge is 0.0829 e. The maximum absolute atomic E-state index is 5.88. The molecule has 2 rings (SSSR count). The third-order valence-corrected chi connectivity index (χ3v) is 3.63. The fraction of sp³-hybridized carbons (Fsp3) is 1.00. The molecule has 1 aliphatic carbocycles. The van der Waals surface area contributed by atoms with Gasteiger partial charge in [-0.15, -0.1) is 0 Å². The first-order valence-corrected chi connectivity index (χ1v) is 7.16. The maximum Gasteiger partial charge on any atom is 0.0829 e. The van der Waals surface area contributed by atoms with Crippen molar-refractivity contribution in [3.63, 3.8) is 0 Å². The van der Waals surface area contributed by atoms with Crippen molar-refractivity contribution in [3.05, 3.63) is 0 Å². The van der Waals surface area contributed by atoms with Crippen molar-refractivity contribution in [3.8, 4) is 0 Å². The molecule has 1 saturated carbocycles. The van der Waals surface area contributed by atoms with E-state index in [9.17, 15) is 0 Å². The Bertz CT molecular complexity index is 226. The standard InChI is InChI=1S/C14H28N2O/c1-12(2)8-15(3)10-14-11-16(6-7-17-14)9-13-4-5-13/h12-14H,4-11H2,1-3H3/t14-/m0/s1. The fourth-order valence-corrected chi connectivity index (χ4v) is 2.77. The minimum Gasteiger partial charge on any atom is -0.374 e. The molecule has 2 aliphatic rings. The topological polar surface area (TPSA) is 15.7 Å². The second-order valence-electron chi connectivity index (χ2n) is 6.31. The summed E-state index contributed by atoms with van der Waals surface area (Å²) in [5.41, 5.74) is 0. The van der Waals surface area contributed by atoms with Gasteiger partial charge in [-0.2, -0.15) is 0 Å². The van der Waals surface area contributed by atoms with Crippen LogP contribution in [0.2, 0.25) is 0 Å². The lowest BCUT2D eigenvalue weighted by Gasteiger charge is -2.35. The van der Waals surface area contributed by atoms with Gasteiger partial charge in [0.15, 0.2) is 0 Å². The molecule has 3 heteroatoms. The van der Waals surface area contributed by atoms with E-state index in [0.717, 1.165) is 38.1 Å². The van der Waals surface area contributed by atoms with Crippen molar-refractivity contribution < 1.29 is 4.74 Å². The van der Waals surface area contributed by atoms with Gasteiger partial charge in [-0.05, 0) is 31.7 Å². The first kappa shape index (κ1) is 13.3. The highest BCUT2D eigenvalue weighted by Crippen LogP contribution is 2.30. The van der Waals surface area contributed by atoms with Crippen molar-refractivity contribution in [1.82, 2.24) is 9.80 Å². The van der Waals surface area contributed by atoms with E-state index in [0.29, 0.717) is 6.10 Å². The quantitative estimate of drug-likeness (QED) is 0.702. The predicted octanol–water partition coefficient (Wildman–Crippen LogP) is 1.69. The lowest BCUT2D eigenvalue weighted by atomic mass is 10.2. The first-order valence-electron chi connectivity index (χ1n) is 7.16. The molecule has 0 aromatic carbocycles. The van der Waals surface area contributed by atoms with Gasteiger partial charge in [0.2, 0.25) is 0 Å². The highest BCUT2D eigenvalue weighted by atomic mass is 16.5. The van der Waals surface area contributed by atoms with E-state index in [1.807, 2.05) is 0 Å². The zero-order chi connectivity index (χ0) is 12.3. The Kier molecular flexibility index (Phi) is 4.83. The van der Waals surface area contributed by atoms with Crippen LogP contribution in [0, 0.1) is 11.8 Å². The van der Waals surface area contributed by atoms with Crippen LogP contribution in [-0.2, 0) is 4.74 Å². The van der Waals surface area contributed by atoms with Gasteiger partial charge in [0, 0.05) is 32.7 Å². The summed E-state index contributed by atoms with van der Waals surface area (Å²) >= 11 is 0. The van der Waals surface area contributed by atoms with E-state index in [4.69, 9.17) is 4.74 Å². The molecule has 0 N–H and O–H groups in total. The summed E-state index contributed by atoms with van der Waals surface area (Å²) in [5.74, 6) is 1.74. The van der Waals surface area contributed by atoms with Crippen molar-refractivity contribution in [2.24, 2.45) is 11.8 Å². The fourth-order valence-electron chi connectivity index (χ4n) is 2.77. The van der Waals surface area contributed by atoms with Crippen LogP contribution in [0.3, 0.4) is 0 Å². The molecule has 1 saturated heterocycles. The van der Waals surface area contributed by atoms with Crippen LogP contribution in [0.1, 0.15) is 26.7 Å². The van der Waals surface area contributed by atoms with Gasteiger partial charge in [0.1, 0.15) is 0 Å². The van der Waals surface area contributed by atoms with Gasteiger partial charge >= 0.3 is 0 Å². The molecule has 0 radical (unpaired) electrons. The Balaban J connectivity index is 1.68. The Labute approximate surface area is 106 Å². The van der Waals surface area contributed by atoms with E-state index >= 15 is 0 Å². The summed E-state index contributed by atoms with van der Waals surface area (Å²) < 4.78 is 5.88. The predicted molar refractivity (Wildman–Crippen MR) is 71.2 cm³/mol. The lowest BCUT2D eigenvalue weighted by Crippen LogP contribution is -2.47. The zero-order valence-corrected chi connectivity index (χ0v) is 11.7. The number of nitrogens with zero attached hydrogens (tertiary/aromatic N) is 2. The van der Waals surface area contributed by atoms with E-state index < -0.39 is 0 Å². The number of morpholine rings is 1. The summed E-state index contributed by atoms with van der Waals surface area (Å²) in [6.45, 7) is 11.3. The van der Waals surface area contributed by atoms with Crippen LogP contribution in [0.15, 0.2) is 0 Å². The monoisotopic (exact) mass is 240 g/mol. The molecule has 0 bridgehead atoms. The second kappa shape index (κ2) is 6.17. The Morgan fingerprint density at radius 3 is 2.76 bits per heavy atom. The van der Waals surface area contributed by atoms with Crippen molar-refractivity contribution in [2.45, 2.75) is 32.8 Å². The third-order valence-electron chi connectivity index (χ3n) is 3.63. The zero-order valence-electron chi connectivity index (χ0n) is 11.7. The Morgan fingerprint density at radius 1 is 1.35 bits per heavy atom. The minimum absolute atomic E-state index is 0.422. The molecule has 3 nitrogen and oxygen atoms in total. The molecule has 100 valence electrons. The number of hydrogen-bond acceptors (Lipinski definition) is 3. The molecule has 1 atom stereocenters. The largest absolute Gasteiger partial charge is 0.374 e. The van der Waals surface area contributed by atoms with Crippen LogP contribution < -0.4 is 0 Å². The SMILES string of the molecule is CC(C)CN(C)C[C@H]1CN(CC2CC2)CCO1. The molecule has 0 unspecified atom stereocenters. The van der Waals surface area contributed by atoms with Gasteiger partial charge in [-0.1, -0.05) is 13.8 Å². The van der Waals surface area contributed by atoms with Gasteiger partial charge in [-0.25, -0.2) is 0 Å². The average Bonchev–Trinajstić information content (AvgIpc) is 3.00. The van der Waals surface area contributed by atoms with E-state index in [1.54, 1.807) is 0 Å². The van der Waals surface area contributed by atoms with Crippen LogP contribution in [-0.4, -0.2) is 62.3 Å². The summed E-state index contributed by atoms with van der Waals surface area (Å²) in [5, 5.41) is 0. The molecular weight excluding hydrogens is 212 g/mol. The number of rotatable bonds is 6. The highest BCUT2D eigenvalue weighted by Gasteiger charge is 2.28. The summed E-state index contributed by atoms with van der Waals surface area (Å²) in [6.07, 6.45) is 3.33. The molecule has 17 heavy (non-hydrogen) atoms. The van der Waals surface area contributed by atoms with Gasteiger partial charge in [-0.3, -0.25) is 4.90 Å². The minimum atomic E-state index is 0.422. The maximum atomic E-state index is 5.88. The molecule has 0 spiro atoms. The summed E-state index contributed by atoms with van der Waals surface area (Å²) in [7, 11) is 2.21. The second-order valence-corrected chi connectivity index (χ2v) is 6.31. The van der Waals surface area contributed by atoms with E-state index in [2.05, 4.69) is 30.7 Å². The average molecular weight is 240 g/mol. The van der Waals surface area contributed by atoms with Crippen molar-refractivity contribution >= 4 is 0 Å². The normalized spacial score (nSPS) is 27.0. The number of ether oxygens (including phenoxy) is 1. The molecular formula is C14H28N2O. The van der Waals surface area contributed by atoms with Crippen LogP contribution in [0.4, 0.5) is 0 Å². The molecule has 0 aromatic heterocycles. The van der Waals surface area contributed by atoms with Gasteiger partial charge in [0.25, 0.3) is 0 Å². The Morgan fingerprint density at radius 2 is 2.12 bits per heavy atom. The first-order chi connectivity index (χ1) is 8.13.